The van der Waals surface area contributed by atoms with Gasteiger partial charge in [-0.05, 0) is 84.2 Å². The number of rotatable bonds is 3. The molecule has 4 heteroatoms. The molecule has 5 aromatic carbocycles. The molecule has 1 unspecified atom stereocenters. The molecule has 204 valence electrons. The highest BCUT2D eigenvalue weighted by Crippen LogP contribution is 2.61. The lowest BCUT2D eigenvalue weighted by Gasteiger charge is -2.52. The molecule has 0 saturated heterocycles. The van der Waals surface area contributed by atoms with Gasteiger partial charge >= 0.3 is 0 Å². The zero-order valence-corrected chi connectivity index (χ0v) is 24.2. The smallest absolute Gasteiger partial charge is 0.256 e. The third-order valence-electron chi connectivity index (χ3n) is 10.9. The van der Waals surface area contributed by atoms with Crippen molar-refractivity contribution in [2.45, 2.75) is 50.5 Å². The minimum atomic E-state index is 0.0553. The maximum Gasteiger partial charge on any atom is 0.256 e. The molecule has 3 aliphatic heterocycles. The zero-order chi connectivity index (χ0) is 28.1. The van der Waals surface area contributed by atoms with Gasteiger partial charge in [-0.1, -0.05) is 86.5 Å². The first kappa shape index (κ1) is 24.2. The Hall–Kier alpha value is -4.44. The van der Waals surface area contributed by atoms with Crippen LogP contribution in [-0.2, 0) is 5.41 Å². The Morgan fingerprint density at radius 1 is 0.667 bits per heavy atom. The fourth-order valence-corrected chi connectivity index (χ4v) is 8.69. The summed E-state index contributed by atoms with van der Waals surface area (Å²) in [5.41, 5.74) is 11.8. The third kappa shape index (κ3) is 3.02. The predicted octanol–water partition coefficient (Wildman–Crippen LogP) is 7.83. The highest BCUT2D eigenvalue weighted by atomic mass is 16.5. The summed E-state index contributed by atoms with van der Waals surface area (Å²) in [5.74, 6) is 1.93. The Morgan fingerprint density at radius 3 is 2.14 bits per heavy atom. The van der Waals surface area contributed by atoms with E-state index in [1.165, 1.54) is 59.0 Å². The Bertz CT molecular complexity index is 1830. The molecular formula is C38H33BN2O. The SMILES string of the molecule is CC12CCCC[C@@]1(C)c1cccc3c1N2c1cccc2c1B3c1ccc(N(c3ccccc3)c3ccccc3)cc1O2. The maximum absolute atomic E-state index is 6.85. The van der Waals surface area contributed by atoms with Crippen LogP contribution in [0.5, 0.6) is 11.5 Å². The van der Waals surface area contributed by atoms with Gasteiger partial charge < -0.3 is 14.5 Å². The van der Waals surface area contributed by atoms with Crippen molar-refractivity contribution in [1.82, 2.24) is 0 Å². The first-order valence-electron chi connectivity index (χ1n) is 15.4. The van der Waals surface area contributed by atoms with Crippen LogP contribution in [0.1, 0.15) is 45.1 Å². The number of para-hydroxylation sites is 3. The molecule has 0 aromatic heterocycles. The summed E-state index contributed by atoms with van der Waals surface area (Å²) >= 11 is 0. The number of ether oxygens (including phenoxy) is 1. The summed E-state index contributed by atoms with van der Waals surface area (Å²) in [7, 11) is 0. The van der Waals surface area contributed by atoms with Gasteiger partial charge in [-0.2, -0.15) is 0 Å². The monoisotopic (exact) mass is 544 g/mol. The summed E-state index contributed by atoms with van der Waals surface area (Å²) in [5, 5.41) is 0. The zero-order valence-electron chi connectivity index (χ0n) is 24.2. The van der Waals surface area contributed by atoms with Crippen LogP contribution in [0.25, 0.3) is 0 Å². The molecule has 9 rings (SSSR count). The molecule has 2 atom stereocenters. The maximum atomic E-state index is 6.85. The number of hydrogen-bond acceptors (Lipinski definition) is 3. The van der Waals surface area contributed by atoms with E-state index in [0.717, 1.165) is 28.6 Å². The number of fused-ring (bicyclic) bond motifs is 7. The lowest BCUT2D eigenvalue weighted by molar-refractivity contribution is 0.195. The molecule has 0 N–H and O–H groups in total. The van der Waals surface area contributed by atoms with Crippen molar-refractivity contribution >= 4 is 51.5 Å². The van der Waals surface area contributed by atoms with Crippen molar-refractivity contribution < 1.29 is 4.74 Å². The molecular weight excluding hydrogens is 511 g/mol. The molecule has 0 amide bonds. The van der Waals surface area contributed by atoms with Crippen LogP contribution < -0.4 is 30.9 Å². The van der Waals surface area contributed by atoms with Crippen molar-refractivity contribution in [3.8, 4) is 11.5 Å². The van der Waals surface area contributed by atoms with Gasteiger partial charge in [0.25, 0.3) is 6.71 Å². The Kier molecular flexibility index (Phi) is 4.92. The number of anilines is 5. The second-order valence-electron chi connectivity index (χ2n) is 12.8. The molecule has 42 heavy (non-hydrogen) atoms. The van der Waals surface area contributed by atoms with Gasteiger partial charge in [0, 0.05) is 39.9 Å². The molecule has 1 saturated carbocycles. The van der Waals surface area contributed by atoms with Crippen LogP contribution in [0, 0.1) is 0 Å². The molecule has 1 fully saturated rings. The van der Waals surface area contributed by atoms with Gasteiger partial charge in [-0.25, -0.2) is 0 Å². The quantitative estimate of drug-likeness (QED) is 0.211. The standard InChI is InChI=1S/C38H33BN2O/c1-37-23-9-10-24-38(37,2)41-32-19-12-20-33-35(32)39(31-18-11-17-29(37)36(31)41)30-22-21-28(25-34(30)42-33)40(26-13-5-3-6-14-26)27-15-7-4-8-16-27/h3-8,11-22,25H,9-10,23-24H2,1-2H3/t37-,38?/m0/s1. The van der Waals surface area contributed by atoms with Crippen molar-refractivity contribution in [2.75, 3.05) is 9.80 Å². The molecule has 0 radical (unpaired) electrons. The Morgan fingerprint density at radius 2 is 1.38 bits per heavy atom. The fourth-order valence-electron chi connectivity index (χ4n) is 8.69. The summed E-state index contributed by atoms with van der Waals surface area (Å²) in [4.78, 5) is 5.03. The topological polar surface area (TPSA) is 15.7 Å². The average molecular weight is 545 g/mol. The summed E-state index contributed by atoms with van der Waals surface area (Å²) in [6, 6.07) is 41.8. The molecule has 0 bridgehead atoms. The Balaban J connectivity index is 1.25. The lowest BCUT2D eigenvalue weighted by Crippen LogP contribution is -2.63. The van der Waals surface area contributed by atoms with Gasteiger partial charge in [0.2, 0.25) is 0 Å². The van der Waals surface area contributed by atoms with E-state index in [-0.39, 0.29) is 17.7 Å². The van der Waals surface area contributed by atoms with Gasteiger partial charge in [0.15, 0.2) is 0 Å². The summed E-state index contributed by atoms with van der Waals surface area (Å²) in [6.45, 7) is 5.19. The number of hydrogen-bond donors (Lipinski definition) is 0. The number of nitrogens with zero attached hydrogens (tertiary/aromatic N) is 2. The van der Waals surface area contributed by atoms with E-state index in [1.54, 1.807) is 0 Å². The molecule has 1 aliphatic carbocycles. The van der Waals surface area contributed by atoms with Crippen LogP contribution in [0.15, 0.2) is 115 Å². The molecule has 3 nitrogen and oxygen atoms in total. The lowest BCUT2D eigenvalue weighted by atomic mass is 9.34. The molecule has 0 spiro atoms. The van der Waals surface area contributed by atoms with Crippen molar-refractivity contribution in [1.29, 1.82) is 0 Å². The molecule has 5 aromatic rings. The second kappa shape index (κ2) is 8.55. The molecule has 3 heterocycles. The van der Waals surface area contributed by atoms with E-state index >= 15 is 0 Å². The van der Waals surface area contributed by atoms with Crippen molar-refractivity contribution in [3.05, 3.63) is 121 Å². The normalized spacial score (nSPS) is 22.4. The highest BCUT2D eigenvalue weighted by molar-refractivity contribution is 6.99. The van der Waals surface area contributed by atoms with Crippen LogP contribution in [-0.4, -0.2) is 12.3 Å². The van der Waals surface area contributed by atoms with Crippen LogP contribution >= 0.6 is 0 Å². The third-order valence-corrected chi connectivity index (χ3v) is 10.9. The highest BCUT2D eigenvalue weighted by Gasteiger charge is 2.61. The minimum Gasteiger partial charge on any atom is -0.458 e. The van der Waals surface area contributed by atoms with E-state index in [9.17, 15) is 0 Å². The number of benzene rings is 5. The van der Waals surface area contributed by atoms with Gasteiger partial charge in [0.05, 0.1) is 5.54 Å². The van der Waals surface area contributed by atoms with Crippen LogP contribution in [0.3, 0.4) is 0 Å². The summed E-state index contributed by atoms with van der Waals surface area (Å²) < 4.78 is 6.85. The van der Waals surface area contributed by atoms with E-state index in [0.29, 0.717) is 0 Å². The van der Waals surface area contributed by atoms with E-state index in [4.69, 9.17) is 4.74 Å². The van der Waals surface area contributed by atoms with Crippen LogP contribution in [0.2, 0.25) is 0 Å². The van der Waals surface area contributed by atoms with Crippen molar-refractivity contribution in [2.24, 2.45) is 0 Å². The van der Waals surface area contributed by atoms with E-state index in [2.05, 4.69) is 139 Å². The average Bonchev–Trinajstić information content (AvgIpc) is 3.24. The van der Waals surface area contributed by atoms with Crippen molar-refractivity contribution in [3.63, 3.8) is 0 Å². The second-order valence-corrected chi connectivity index (χ2v) is 12.8. The first-order chi connectivity index (χ1) is 20.6. The van der Waals surface area contributed by atoms with Gasteiger partial charge in [0.1, 0.15) is 11.5 Å². The minimum absolute atomic E-state index is 0.0553. The van der Waals surface area contributed by atoms with E-state index in [1.807, 2.05) is 0 Å². The Labute approximate surface area is 248 Å². The largest absolute Gasteiger partial charge is 0.458 e. The van der Waals surface area contributed by atoms with Gasteiger partial charge in [-0.15, -0.1) is 0 Å². The molecule has 4 aliphatic rings. The van der Waals surface area contributed by atoms with E-state index < -0.39 is 0 Å². The fraction of sp³-hybridized carbons (Fsp3) is 0.211. The van der Waals surface area contributed by atoms with Gasteiger partial charge in [-0.3, -0.25) is 0 Å². The first-order valence-corrected chi connectivity index (χ1v) is 15.4. The summed E-state index contributed by atoms with van der Waals surface area (Å²) in [6.07, 6.45) is 5.03. The predicted molar refractivity (Wildman–Crippen MR) is 175 cm³/mol. The van der Waals surface area contributed by atoms with Crippen LogP contribution in [0.4, 0.5) is 28.4 Å².